The fourth-order valence-corrected chi connectivity index (χ4v) is 3.96. The molecule has 0 bridgehead atoms. The van der Waals surface area contributed by atoms with Crippen LogP contribution in [-0.2, 0) is 9.59 Å². The lowest BCUT2D eigenvalue weighted by molar-refractivity contribution is -0.383. The number of nitro benzene ring substituents is 1. The summed E-state index contributed by atoms with van der Waals surface area (Å²) in [6.07, 6.45) is 4.38. The van der Waals surface area contributed by atoms with Crippen molar-refractivity contribution in [2.75, 3.05) is 10.2 Å². The van der Waals surface area contributed by atoms with Gasteiger partial charge in [0.2, 0.25) is 11.8 Å². The molecule has 3 atom stereocenters. The van der Waals surface area contributed by atoms with E-state index in [1.807, 2.05) is 0 Å². The molecule has 2 aliphatic rings. The van der Waals surface area contributed by atoms with Crippen molar-refractivity contribution in [3.63, 3.8) is 0 Å². The lowest BCUT2D eigenvalue weighted by Gasteiger charge is -2.35. The van der Waals surface area contributed by atoms with E-state index in [-0.39, 0.29) is 42.1 Å². The van der Waals surface area contributed by atoms with Gasteiger partial charge >= 0.3 is 0 Å². The van der Waals surface area contributed by atoms with Crippen LogP contribution in [0.4, 0.5) is 17.1 Å². The number of anilines is 2. The monoisotopic (exact) mass is 359 g/mol. The van der Waals surface area contributed by atoms with E-state index in [9.17, 15) is 19.7 Å². The van der Waals surface area contributed by atoms with Crippen molar-refractivity contribution in [2.24, 2.45) is 11.8 Å². The van der Waals surface area contributed by atoms with Gasteiger partial charge in [-0.15, -0.1) is 0 Å². The van der Waals surface area contributed by atoms with Crippen LogP contribution < -0.4 is 10.2 Å². The van der Waals surface area contributed by atoms with Gasteiger partial charge in [0.15, 0.2) is 0 Å². The van der Waals surface area contributed by atoms with Crippen molar-refractivity contribution < 1.29 is 14.5 Å². The number of hydrogen-bond acceptors (Lipinski definition) is 5. The van der Waals surface area contributed by atoms with Gasteiger partial charge < -0.3 is 5.32 Å². The minimum Gasteiger partial charge on any atom is -0.376 e. The topological polar surface area (TPSA) is 92.6 Å². The number of piperidine rings is 1. The molecule has 26 heavy (non-hydrogen) atoms. The molecular formula is C19H25N3O4. The zero-order valence-electron chi connectivity index (χ0n) is 15.2. The molecule has 1 aliphatic heterocycles. The molecular weight excluding hydrogens is 334 g/mol. The Labute approximate surface area is 152 Å². The molecule has 0 aromatic heterocycles. The highest BCUT2D eigenvalue weighted by Gasteiger charge is 2.31. The Morgan fingerprint density at radius 3 is 2.46 bits per heavy atom. The summed E-state index contributed by atoms with van der Waals surface area (Å²) in [4.78, 5) is 36.4. The number of nitrogens with one attached hydrogen (secondary N) is 1. The molecule has 1 saturated heterocycles. The number of benzene rings is 1. The molecule has 1 aromatic carbocycles. The van der Waals surface area contributed by atoms with E-state index in [1.165, 1.54) is 12.5 Å². The highest BCUT2D eigenvalue weighted by atomic mass is 16.6. The SMILES string of the molecule is C[C@H]1[C@H](C)CCC[C@H]1Nc1ccc(N2C(=O)CCCC2=O)cc1[N+](=O)[O-]. The van der Waals surface area contributed by atoms with Crippen molar-refractivity contribution in [3.8, 4) is 0 Å². The van der Waals surface area contributed by atoms with E-state index < -0.39 is 4.92 Å². The van der Waals surface area contributed by atoms with Crippen LogP contribution in [0.3, 0.4) is 0 Å². The molecule has 1 saturated carbocycles. The van der Waals surface area contributed by atoms with Gasteiger partial charge in [-0.1, -0.05) is 26.7 Å². The Morgan fingerprint density at radius 1 is 1.12 bits per heavy atom. The Bertz CT molecular complexity index is 717. The second kappa shape index (κ2) is 7.43. The third-order valence-corrected chi connectivity index (χ3v) is 5.76. The van der Waals surface area contributed by atoms with Crippen molar-refractivity contribution >= 4 is 28.9 Å². The standard InChI is InChI=1S/C19H25N3O4/c1-12-5-3-6-15(13(12)2)20-16-10-9-14(11-17(16)22(25)26)21-18(23)7-4-8-19(21)24/h9-13,15,20H,3-8H2,1-2H3/t12-,13+,15-/m1/s1. The summed E-state index contributed by atoms with van der Waals surface area (Å²) >= 11 is 0. The van der Waals surface area contributed by atoms with Crippen molar-refractivity contribution in [1.82, 2.24) is 0 Å². The summed E-state index contributed by atoms with van der Waals surface area (Å²) < 4.78 is 0. The molecule has 1 aromatic rings. The number of imide groups is 1. The number of carbonyl (C=O) groups excluding carboxylic acids is 2. The van der Waals surface area contributed by atoms with Gasteiger partial charge in [-0.2, -0.15) is 0 Å². The van der Waals surface area contributed by atoms with Gasteiger partial charge in [-0.05, 0) is 36.8 Å². The Balaban J connectivity index is 1.89. The largest absolute Gasteiger partial charge is 0.376 e. The highest BCUT2D eigenvalue weighted by molar-refractivity contribution is 6.16. The molecule has 0 unspecified atom stereocenters. The zero-order chi connectivity index (χ0) is 18.8. The average molecular weight is 359 g/mol. The third kappa shape index (κ3) is 3.57. The quantitative estimate of drug-likeness (QED) is 0.500. The van der Waals surface area contributed by atoms with Crippen LogP contribution in [-0.4, -0.2) is 22.8 Å². The van der Waals surface area contributed by atoms with Crippen LogP contribution in [0.1, 0.15) is 52.4 Å². The van der Waals surface area contributed by atoms with Gasteiger partial charge in [-0.3, -0.25) is 24.6 Å². The Hall–Kier alpha value is -2.44. The lowest BCUT2D eigenvalue weighted by atomic mass is 9.78. The van der Waals surface area contributed by atoms with Crippen molar-refractivity contribution in [2.45, 2.75) is 58.4 Å². The molecule has 0 radical (unpaired) electrons. The van der Waals surface area contributed by atoms with Gasteiger partial charge in [0, 0.05) is 24.9 Å². The molecule has 1 N–H and O–H groups in total. The first-order chi connectivity index (χ1) is 12.4. The first-order valence-electron chi connectivity index (χ1n) is 9.29. The molecule has 7 heteroatoms. The minimum atomic E-state index is -0.457. The summed E-state index contributed by atoms with van der Waals surface area (Å²) in [7, 11) is 0. The van der Waals surface area contributed by atoms with E-state index >= 15 is 0 Å². The highest BCUT2D eigenvalue weighted by Crippen LogP contribution is 2.36. The second-order valence-corrected chi connectivity index (χ2v) is 7.45. The molecule has 1 heterocycles. The van der Waals surface area contributed by atoms with E-state index in [4.69, 9.17) is 0 Å². The van der Waals surface area contributed by atoms with Gasteiger partial charge in [0.05, 0.1) is 10.6 Å². The molecule has 3 rings (SSSR count). The van der Waals surface area contributed by atoms with E-state index in [0.717, 1.165) is 17.7 Å². The molecule has 7 nitrogen and oxygen atoms in total. The summed E-state index contributed by atoms with van der Waals surface area (Å²) in [6, 6.07) is 4.75. The van der Waals surface area contributed by atoms with Gasteiger partial charge in [0.25, 0.3) is 5.69 Å². The Morgan fingerprint density at radius 2 is 1.81 bits per heavy atom. The first kappa shape index (κ1) is 18.4. The molecule has 1 aliphatic carbocycles. The zero-order valence-corrected chi connectivity index (χ0v) is 15.2. The summed E-state index contributed by atoms with van der Waals surface area (Å²) in [5.74, 6) is 0.397. The smallest absolute Gasteiger partial charge is 0.294 e. The van der Waals surface area contributed by atoms with Gasteiger partial charge in [-0.25, -0.2) is 0 Å². The fourth-order valence-electron chi connectivity index (χ4n) is 3.96. The molecule has 140 valence electrons. The average Bonchev–Trinajstić information content (AvgIpc) is 2.59. The summed E-state index contributed by atoms with van der Waals surface area (Å²) in [5.41, 5.74) is 0.628. The predicted molar refractivity (Wildman–Crippen MR) is 99.0 cm³/mol. The summed E-state index contributed by atoms with van der Waals surface area (Å²) in [5, 5.41) is 14.9. The van der Waals surface area contributed by atoms with Crippen molar-refractivity contribution in [3.05, 3.63) is 28.3 Å². The van der Waals surface area contributed by atoms with Crippen molar-refractivity contribution in [1.29, 1.82) is 0 Å². The Kier molecular flexibility index (Phi) is 5.25. The van der Waals surface area contributed by atoms with Crippen LogP contribution in [0.25, 0.3) is 0 Å². The second-order valence-electron chi connectivity index (χ2n) is 7.45. The van der Waals surface area contributed by atoms with E-state index in [2.05, 4.69) is 19.2 Å². The van der Waals surface area contributed by atoms with Crippen LogP contribution in [0.15, 0.2) is 18.2 Å². The minimum absolute atomic E-state index is 0.0981. The van der Waals surface area contributed by atoms with E-state index in [1.54, 1.807) is 12.1 Å². The first-order valence-corrected chi connectivity index (χ1v) is 9.29. The predicted octanol–water partition coefficient (Wildman–Crippen LogP) is 3.87. The number of nitrogens with zero attached hydrogens (tertiary/aromatic N) is 2. The summed E-state index contributed by atoms with van der Waals surface area (Å²) in [6.45, 7) is 4.39. The molecule has 0 spiro atoms. The number of rotatable bonds is 4. The molecule has 2 fully saturated rings. The number of hydrogen-bond donors (Lipinski definition) is 1. The number of carbonyl (C=O) groups is 2. The number of amides is 2. The normalized spacial score (nSPS) is 26.7. The third-order valence-electron chi connectivity index (χ3n) is 5.76. The fraction of sp³-hybridized carbons (Fsp3) is 0.579. The molecule has 2 amide bonds. The van der Waals surface area contributed by atoms with Crippen LogP contribution >= 0.6 is 0 Å². The maximum Gasteiger partial charge on any atom is 0.294 e. The van der Waals surface area contributed by atoms with Gasteiger partial charge in [0.1, 0.15) is 5.69 Å². The lowest BCUT2D eigenvalue weighted by Crippen LogP contribution is -2.40. The van der Waals surface area contributed by atoms with Crippen LogP contribution in [0.5, 0.6) is 0 Å². The maximum absolute atomic E-state index is 12.1. The van der Waals surface area contributed by atoms with Crippen LogP contribution in [0.2, 0.25) is 0 Å². The maximum atomic E-state index is 12.1. The van der Waals surface area contributed by atoms with E-state index in [0.29, 0.717) is 23.9 Å². The van der Waals surface area contributed by atoms with Crippen LogP contribution in [0, 0.1) is 22.0 Å². The number of nitro groups is 1.